The summed E-state index contributed by atoms with van der Waals surface area (Å²) in [5, 5.41) is 12.4. The van der Waals surface area contributed by atoms with Crippen LogP contribution in [0, 0.1) is 5.92 Å². The molecule has 2 unspecified atom stereocenters. The van der Waals surface area contributed by atoms with Crippen molar-refractivity contribution in [3.8, 4) is 0 Å². The number of piperidine rings is 1. The number of nitrogens with zero attached hydrogens (tertiary/aromatic N) is 1. The second-order valence-corrected chi connectivity index (χ2v) is 5.00. The van der Waals surface area contributed by atoms with Crippen molar-refractivity contribution in [2.45, 2.75) is 45.6 Å². The van der Waals surface area contributed by atoms with Gasteiger partial charge < -0.3 is 15.3 Å². The van der Waals surface area contributed by atoms with E-state index in [1.54, 1.807) is 0 Å². The molecule has 1 heterocycles. The van der Waals surface area contributed by atoms with Gasteiger partial charge in [0.05, 0.1) is 0 Å². The van der Waals surface area contributed by atoms with E-state index in [1.165, 1.54) is 38.9 Å². The zero-order valence-corrected chi connectivity index (χ0v) is 10.9. The van der Waals surface area contributed by atoms with E-state index in [4.69, 9.17) is 5.11 Å². The molecule has 0 saturated carbocycles. The van der Waals surface area contributed by atoms with E-state index in [1.807, 2.05) is 0 Å². The summed E-state index contributed by atoms with van der Waals surface area (Å²) < 4.78 is 0. The number of hydrogen-bond donors (Lipinski definition) is 2. The second-order valence-electron chi connectivity index (χ2n) is 5.00. The standard InChI is InChI=1S/C13H28N2O/c1-3-7-15-10-12(4-2)9-13(11-15)14-6-5-8-16/h12-14,16H,3-11H2,1-2H3. The maximum absolute atomic E-state index is 8.78. The normalized spacial score (nSPS) is 27.2. The van der Waals surface area contributed by atoms with Gasteiger partial charge in [-0.3, -0.25) is 0 Å². The van der Waals surface area contributed by atoms with Crippen molar-refractivity contribution in [3.05, 3.63) is 0 Å². The Bertz CT molecular complexity index is 175. The van der Waals surface area contributed by atoms with Crippen LogP contribution in [0.5, 0.6) is 0 Å². The van der Waals surface area contributed by atoms with E-state index < -0.39 is 0 Å². The zero-order chi connectivity index (χ0) is 11.8. The molecule has 3 heteroatoms. The van der Waals surface area contributed by atoms with Crippen molar-refractivity contribution < 1.29 is 5.11 Å². The summed E-state index contributed by atoms with van der Waals surface area (Å²) in [4.78, 5) is 2.59. The van der Waals surface area contributed by atoms with Gasteiger partial charge in [-0.2, -0.15) is 0 Å². The van der Waals surface area contributed by atoms with E-state index >= 15 is 0 Å². The fourth-order valence-electron chi connectivity index (χ4n) is 2.63. The average molecular weight is 228 g/mol. The molecular formula is C13H28N2O. The lowest BCUT2D eigenvalue weighted by Gasteiger charge is -2.38. The maximum Gasteiger partial charge on any atom is 0.0443 e. The number of hydrogen-bond acceptors (Lipinski definition) is 3. The van der Waals surface area contributed by atoms with Gasteiger partial charge in [-0.05, 0) is 38.3 Å². The molecule has 3 nitrogen and oxygen atoms in total. The number of likely N-dealkylation sites (tertiary alicyclic amines) is 1. The van der Waals surface area contributed by atoms with E-state index in [0.29, 0.717) is 12.6 Å². The van der Waals surface area contributed by atoms with Gasteiger partial charge in [0.25, 0.3) is 0 Å². The molecule has 16 heavy (non-hydrogen) atoms. The van der Waals surface area contributed by atoms with Gasteiger partial charge in [0.15, 0.2) is 0 Å². The molecule has 1 rings (SSSR count). The number of rotatable bonds is 7. The van der Waals surface area contributed by atoms with Crippen LogP contribution in [-0.2, 0) is 0 Å². The molecule has 2 N–H and O–H groups in total. The highest BCUT2D eigenvalue weighted by Gasteiger charge is 2.24. The first-order valence-electron chi connectivity index (χ1n) is 6.86. The number of nitrogens with one attached hydrogen (secondary N) is 1. The van der Waals surface area contributed by atoms with Gasteiger partial charge in [0.2, 0.25) is 0 Å². The summed E-state index contributed by atoms with van der Waals surface area (Å²) in [6.45, 7) is 9.51. The Hall–Kier alpha value is -0.120. The third kappa shape index (κ3) is 4.81. The van der Waals surface area contributed by atoms with Crippen LogP contribution in [0.2, 0.25) is 0 Å². The van der Waals surface area contributed by atoms with Crippen molar-refractivity contribution in [2.24, 2.45) is 5.92 Å². The molecule has 0 aromatic carbocycles. The lowest BCUT2D eigenvalue weighted by Crippen LogP contribution is -2.49. The molecule has 2 atom stereocenters. The molecule has 0 aromatic rings. The van der Waals surface area contributed by atoms with E-state index in [9.17, 15) is 0 Å². The maximum atomic E-state index is 8.78. The molecule has 1 fully saturated rings. The first-order chi connectivity index (χ1) is 7.80. The molecule has 0 radical (unpaired) electrons. The fraction of sp³-hybridized carbons (Fsp3) is 1.00. The van der Waals surface area contributed by atoms with Crippen molar-refractivity contribution in [1.29, 1.82) is 0 Å². The van der Waals surface area contributed by atoms with Gasteiger partial charge in [-0.25, -0.2) is 0 Å². The van der Waals surface area contributed by atoms with Crippen LogP contribution >= 0.6 is 0 Å². The van der Waals surface area contributed by atoms with Gasteiger partial charge in [0, 0.05) is 25.7 Å². The Morgan fingerprint density at radius 2 is 2.12 bits per heavy atom. The summed E-state index contributed by atoms with van der Waals surface area (Å²) in [6, 6.07) is 0.636. The van der Waals surface area contributed by atoms with Gasteiger partial charge in [-0.15, -0.1) is 0 Å². The Labute approximate surface area is 100 Å². The van der Waals surface area contributed by atoms with E-state index in [0.717, 1.165) is 18.9 Å². The first kappa shape index (κ1) is 13.9. The molecule has 0 aromatic heterocycles. The fourth-order valence-corrected chi connectivity index (χ4v) is 2.63. The SMILES string of the molecule is CCCN1CC(CC)CC(NCCCO)C1. The summed E-state index contributed by atoms with van der Waals surface area (Å²) in [6.07, 6.45) is 4.72. The minimum atomic E-state index is 0.301. The topological polar surface area (TPSA) is 35.5 Å². The quantitative estimate of drug-likeness (QED) is 0.648. The predicted octanol–water partition coefficient (Wildman–Crippen LogP) is 1.47. The summed E-state index contributed by atoms with van der Waals surface area (Å²) in [5.74, 6) is 0.854. The van der Waals surface area contributed by atoms with Crippen LogP contribution < -0.4 is 5.32 Å². The van der Waals surface area contributed by atoms with Crippen LogP contribution in [0.4, 0.5) is 0 Å². The Morgan fingerprint density at radius 3 is 2.75 bits per heavy atom. The highest BCUT2D eigenvalue weighted by molar-refractivity contribution is 4.82. The van der Waals surface area contributed by atoms with Crippen LogP contribution in [-0.4, -0.2) is 48.8 Å². The van der Waals surface area contributed by atoms with Gasteiger partial charge in [-0.1, -0.05) is 20.3 Å². The molecule has 1 saturated heterocycles. The Morgan fingerprint density at radius 1 is 1.31 bits per heavy atom. The largest absolute Gasteiger partial charge is 0.396 e. The lowest BCUT2D eigenvalue weighted by molar-refractivity contribution is 0.137. The van der Waals surface area contributed by atoms with Crippen LogP contribution in [0.15, 0.2) is 0 Å². The first-order valence-corrected chi connectivity index (χ1v) is 6.86. The highest BCUT2D eigenvalue weighted by Crippen LogP contribution is 2.19. The number of aliphatic hydroxyl groups excluding tert-OH is 1. The van der Waals surface area contributed by atoms with Crippen molar-refractivity contribution in [2.75, 3.05) is 32.8 Å². The van der Waals surface area contributed by atoms with E-state index in [2.05, 4.69) is 24.1 Å². The summed E-state index contributed by atoms with van der Waals surface area (Å²) in [5.41, 5.74) is 0. The van der Waals surface area contributed by atoms with Crippen LogP contribution in [0.25, 0.3) is 0 Å². The molecule has 0 aliphatic carbocycles. The van der Waals surface area contributed by atoms with Gasteiger partial charge in [0.1, 0.15) is 0 Å². The monoisotopic (exact) mass is 228 g/mol. The summed E-state index contributed by atoms with van der Waals surface area (Å²) >= 11 is 0. The van der Waals surface area contributed by atoms with Crippen LogP contribution in [0.1, 0.15) is 39.5 Å². The average Bonchev–Trinajstić information content (AvgIpc) is 2.29. The molecule has 0 spiro atoms. The molecular weight excluding hydrogens is 200 g/mol. The Kier molecular flexibility index (Phi) is 7.01. The predicted molar refractivity (Wildman–Crippen MR) is 68.6 cm³/mol. The minimum Gasteiger partial charge on any atom is -0.396 e. The van der Waals surface area contributed by atoms with Crippen molar-refractivity contribution in [3.63, 3.8) is 0 Å². The lowest BCUT2D eigenvalue weighted by atomic mass is 9.92. The van der Waals surface area contributed by atoms with Crippen LogP contribution in [0.3, 0.4) is 0 Å². The molecule has 0 amide bonds. The van der Waals surface area contributed by atoms with Crippen molar-refractivity contribution >= 4 is 0 Å². The molecule has 1 aliphatic rings. The highest BCUT2D eigenvalue weighted by atomic mass is 16.3. The molecule has 0 bridgehead atoms. The smallest absolute Gasteiger partial charge is 0.0443 e. The minimum absolute atomic E-state index is 0.301. The molecule has 1 aliphatic heterocycles. The van der Waals surface area contributed by atoms with Gasteiger partial charge >= 0.3 is 0 Å². The zero-order valence-electron chi connectivity index (χ0n) is 10.9. The molecule has 96 valence electrons. The van der Waals surface area contributed by atoms with E-state index in [-0.39, 0.29) is 0 Å². The third-order valence-electron chi connectivity index (χ3n) is 3.50. The van der Waals surface area contributed by atoms with Crippen molar-refractivity contribution in [1.82, 2.24) is 10.2 Å². The third-order valence-corrected chi connectivity index (χ3v) is 3.50. The summed E-state index contributed by atoms with van der Waals surface area (Å²) in [7, 11) is 0. The Balaban J connectivity index is 2.31. The second kappa shape index (κ2) is 8.04. The number of aliphatic hydroxyl groups is 1.